The molecule has 1 atom stereocenters. The van der Waals surface area contributed by atoms with Gasteiger partial charge < -0.3 is 43.2 Å². The molecule has 0 aliphatic carbocycles. The van der Waals surface area contributed by atoms with Gasteiger partial charge in [0.2, 0.25) is 11.8 Å². The third kappa shape index (κ3) is 24.5. The Hall–Kier alpha value is -4.20. The van der Waals surface area contributed by atoms with Crippen LogP contribution in [0.2, 0.25) is 0 Å². The molecule has 0 fully saturated rings. The molecule has 2 aromatic carbocycles. The SMILES string of the molecule is COCCN(CCCNC(=O)CN)CCCNC(=O)C(N)(CCCCN=C(N)NC(=O)c1ccccc1)SC.CSCCCCCN=C(N)NC(=O)c1ccccc1. The summed E-state index contributed by atoms with van der Waals surface area (Å²) in [5.74, 6) is 0.553. The van der Waals surface area contributed by atoms with E-state index in [9.17, 15) is 19.2 Å². The molecule has 0 radical (unpaired) electrons. The van der Waals surface area contributed by atoms with Gasteiger partial charge in [-0.05, 0) is 101 Å². The van der Waals surface area contributed by atoms with Crippen molar-refractivity contribution in [3.05, 3.63) is 71.8 Å². The van der Waals surface area contributed by atoms with Crippen molar-refractivity contribution in [2.75, 3.05) is 84.3 Å². The van der Waals surface area contributed by atoms with Crippen LogP contribution < -0.4 is 44.2 Å². The lowest BCUT2D eigenvalue weighted by Gasteiger charge is -2.27. The molecule has 0 aliphatic heterocycles. The average molecular weight is 846 g/mol. The van der Waals surface area contributed by atoms with Gasteiger partial charge in [-0.25, -0.2) is 0 Å². The molecule has 16 nitrogen and oxygen atoms in total. The molecule has 0 saturated carbocycles. The zero-order chi connectivity index (χ0) is 42.9. The van der Waals surface area contributed by atoms with Crippen LogP contribution in [0.25, 0.3) is 0 Å². The number of carbonyl (C=O) groups excluding carboxylic acids is 4. The maximum absolute atomic E-state index is 12.8. The van der Waals surface area contributed by atoms with Crippen molar-refractivity contribution >= 4 is 59.1 Å². The van der Waals surface area contributed by atoms with Crippen LogP contribution in [0.3, 0.4) is 0 Å². The Morgan fingerprint density at radius 1 is 0.724 bits per heavy atom. The van der Waals surface area contributed by atoms with Crippen molar-refractivity contribution in [1.82, 2.24) is 26.2 Å². The lowest BCUT2D eigenvalue weighted by molar-refractivity contribution is -0.123. The van der Waals surface area contributed by atoms with Gasteiger partial charge in [-0.3, -0.25) is 39.8 Å². The molecule has 0 saturated heterocycles. The average Bonchev–Trinajstić information content (AvgIpc) is 3.24. The van der Waals surface area contributed by atoms with E-state index in [1.807, 2.05) is 42.3 Å². The number of unbranched alkanes of at least 4 members (excludes halogenated alkanes) is 3. The molecule has 0 bridgehead atoms. The first-order valence-corrected chi connectivity index (χ1v) is 22.2. The largest absolute Gasteiger partial charge is 0.383 e. The Morgan fingerprint density at radius 3 is 1.72 bits per heavy atom. The smallest absolute Gasteiger partial charge is 0.257 e. The van der Waals surface area contributed by atoms with Gasteiger partial charge in [0, 0.05) is 51.0 Å². The molecule has 58 heavy (non-hydrogen) atoms. The number of nitrogens with one attached hydrogen (secondary N) is 4. The van der Waals surface area contributed by atoms with E-state index in [0.717, 1.165) is 45.3 Å². The highest BCUT2D eigenvalue weighted by atomic mass is 32.2. The first-order chi connectivity index (χ1) is 28.0. The maximum atomic E-state index is 12.8. The summed E-state index contributed by atoms with van der Waals surface area (Å²) in [7, 11) is 1.66. The number of nitrogens with two attached hydrogens (primary N) is 4. The van der Waals surface area contributed by atoms with Crippen LogP contribution in [0, 0.1) is 0 Å². The number of benzene rings is 2. The van der Waals surface area contributed by atoms with E-state index in [4.69, 9.17) is 27.7 Å². The number of hydrogen-bond donors (Lipinski definition) is 8. The molecule has 18 heteroatoms. The summed E-state index contributed by atoms with van der Waals surface area (Å²) in [6.45, 7) is 5.10. The number of methoxy groups -OCH3 is 1. The molecule has 0 spiro atoms. The molecular formula is C40H67N11O5S2. The molecule has 324 valence electrons. The highest BCUT2D eigenvalue weighted by molar-refractivity contribution is 8.00. The van der Waals surface area contributed by atoms with Gasteiger partial charge in [-0.1, -0.05) is 42.8 Å². The third-order valence-corrected chi connectivity index (χ3v) is 10.4. The predicted octanol–water partition coefficient (Wildman–Crippen LogP) is 2.10. The first kappa shape index (κ1) is 51.8. The molecule has 0 aliphatic rings. The fourth-order valence-corrected chi connectivity index (χ4v) is 6.29. The first-order valence-electron chi connectivity index (χ1n) is 19.6. The summed E-state index contributed by atoms with van der Waals surface area (Å²) in [5.41, 5.74) is 24.3. The highest BCUT2D eigenvalue weighted by Crippen LogP contribution is 2.23. The van der Waals surface area contributed by atoms with Crippen molar-refractivity contribution in [3.8, 4) is 0 Å². The Kier molecular flexibility index (Phi) is 29.2. The van der Waals surface area contributed by atoms with Crippen LogP contribution in [-0.2, 0) is 14.3 Å². The van der Waals surface area contributed by atoms with Gasteiger partial charge in [0.25, 0.3) is 11.8 Å². The molecular weight excluding hydrogens is 779 g/mol. The molecule has 4 amide bonds. The van der Waals surface area contributed by atoms with E-state index >= 15 is 0 Å². The summed E-state index contributed by atoms with van der Waals surface area (Å²) in [4.78, 5) is 57.5. The van der Waals surface area contributed by atoms with E-state index in [2.05, 4.69) is 42.4 Å². The van der Waals surface area contributed by atoms with Crippen LogP contribution in [-0.4, -0.2) is 130 Å². The van der Waals surface area contributed by atoms with Crippen molar-refractivity contribution in [2.24, 2.45) is 32.9 Å². The normalized spacial score (nSPS) is 12.5. The van der Waals surface area contributed by atoms with Crippen LogP contribution in [0.5, 0.6) is 0 Å². The molecule has 2 rings (SSSR count). The van der Waals surface area contributed by atoms with E-state index in [1.165, 1.54) is 23.9 Å². The monoisotopic (exact) mass is 845 g/mol. The van der Waals surface area contributed by atoms with E-state index in [1.54, 1.807) is 43.5 Å². The minimum absolute atomic E-state index is 0.0107. The highest BCUT2D eigenvalue weighted by Gasteiger charge is 2.32. The molecule has 0 aromatic heterocycles. The van der Waals surface area contributed by atoms with Gasteiger partial charge in [-0.15, -0.1) is 11.8 Å². The number of aliphatic imine (C=N–C) groups is 2. The summed E-state index contributed by atoms with van der Waals surface area (Å²) in [6.07, 6.45) is 10.7. The van der Waals surface area contributed by atoms with E-state index < -0.39 is 4.87 Å². The Labute approximate surface area is 353 Å². The maximum Gasteiger partial charge on any atom is 0.257 e. The number of rotatable bonds is 27. The standard InChI is InChI=1S/C26H46N8O4S.C14H21N3OS/c1-38-19-18-34(16-8-14-30-22(35)20-27)17-9-15-31-24(37)26(29,39-2)12-6-7-13-32-25(28)33-23(36)21-10-4-3-5-11-21;1-19-11-7-3-6-10-16-14(15)17-13(18)12-8-4-2-5-9-12/h3-5,10-11H,6-9,12-20,27,29H2,1-2H3,(H,30,35)(H,31,37)(H3,28,32,33,36);2,4-5,8-9H,3,6-7,10-11H2,1H3,(H3,15,16,17,18). The fraction of sp³-hybridized carbons (Fsp3) is 0.550. The molecule has 12 N–H and O–H groups in total. The zero-order valence-corrected chi connectivity index (χ0v) is 36.1. The summed E-state index contributed by atoms with van der Waals surface area (Å²) in [6, 6.07) is 17.7. The lowest BCUT2D eigenvalue weighted by atomic mass is 10.1. The number of guanidine groups is 2. The van der Waals surface area contributed by atoms with Gasteiger partial charge in [0.05, 0.1) is 13.2 Å². The topological polar surface area (TPSA) is 258 Å². The zero-order valence-electron chi connectivity index (χ0n) is 34.5. The van der Waals surface area contributed by atoms with Crippen molar-refractivity contribution < 1.29 is 23.9 Å². The van der Waals surface area contributed by atoms with Crippen LogP contribution >= 0.6 is 23.5 Å². The molecule has 1 unspecified atom stereocenters. The van der Waals surface area contributed by atoms with Crippen molar-refractivity contribution in [1.29, 1.82) is 0 Å². The second-order valence-corrected chi connectivity index (χ2v) is 15.3. The summed E-state index contributed by atoms with van der Waals surface area (Å²) < 4.78 is 5.19. The fourth-order valence-electron chi connectivity index (χ4n) is 5.19. The van der Waals surface area contributed by atoms with E-state index in [0.29, 0.717) is 63.2 Å². The molecule has 2 aromatic rings. The molecule has 0 heterocycles. The minimum Gasteiger partial charge on any atom is -0.383 e. The van der Waals surface area contributed by atoms with Crippen LogP contribution in [0.4, 0.5) is 0 Å². The van der Waals surface area contributed by atoms with Crippen molar-refractivity contribution in [3.63, 3.8) is 0 Å². The number of ether oxygens (including phenoxy) is 1. The van der Waals surface area contributed by atoms with Crippen LogP contribution in [0.1, 0.15) is 72.1 Å². The number of carbonyl (C=O) groups is 4. The Morgan fingerprint density at radius 2 is 1.24 bits per heavy atom. The number of hydrogen-bond acceptors (Lipinski definition) is 12. The number of nitrogens with zero attached hydrogens (tertiary/aromatic N) is 3. The lowest BCUT2D eigenvalue weighted by Crippen LogP contribution is -2.51. The predicted molar refractivity (Wildman–Crippen MR) is 240 cm³/mol. The van der Waals surface area contributed by atoms with Gasteiger partial charge >= 0.3 is 0 Å². The Balaban J connectivity index is 0.000000737. The second-order valence-electron chi connectivity index (χ2n) is 13.1. The Bertz CT molecular complexity index is 1510. The summed E-state index contributed by atoms with van der Waals surface area (Å²) in [5, 5.41) is 10.9. The van der Waals surface area contributed by atoms with Gasteiger partial charge in [0.1, 0.15) is 4.87 Å². The van der Waals surface area contributed by atoms with Crippen molar-refractivity contribution in [2.45, 2.75) is 56.2 Å². The van der Waals surface area contributed by atoms with E-state index in [-0.39, 0.29) is 42.1 Å². The summed E-state index contributed by atoms with van der Waals surface area (Å²) >= 11 is 3.18. The number of amides is 4. The van der Waals surface area contributed by atoms with Gasteiger partial charge in [-0.2, -0.15) is 11.8 Å². The second kappa shape index (κ2) is 32.7. The quantitative estimate of drug-likeness (QED) is 0.0279. The van der Waals surface area contributed by atoms with Crippen LogP contribution in [0.15, 0.2) is 70.6 Å². The number of thioether (sulfide) groups is 2. The third-order valence-electron chi connectivity index (χ3n) is 8.54. The minimum atomic E-state index is -1.03. The van der Waals surface area contributed by atoms with Gasteiger partial charge in [0.15, 0.2) is 11.9 Å².